The molecule has 2 aromatic rings. The molecule has 6 nitrogen and oxygen atoms in total. The lowest BCUT2D eigenvalue weighted by molar-refractivity contribution is 1.02. The first-order valence-electron chi connectivity index (χ1n) is 4.76. The van der Waals surface area contributed by atoms with E-state index in [1.807, 2.05) is 24.3 Å². The maximum Gasteiger partial charge on any atom is 0.222 e. The first-order chi connectivity index (χ1) is 8.08. The number of hydrogen-bond donors (Lipinski definition) is 3. The molecule has 0 aliphatic carbocycles. The van der Waals surface area contributed by atoms with E-state index >= 15 is 0 Å². The lowest BCUT2D eigenvalue weighted by Crippen LogP contribution is -2.27. The number of anilines is 4. The molecule has 0 aliphatic heterocycles. The van der Waals surface area contributed by atoms with Crippen molar-refractivity contribution >= 4 is 39.1 Å². The highest BCUT2D eigenvalue weighted by atomic mass is 79.9. The van der Waals surface area contributed by atoms with E-state index in [0.29, 0.717) is 11.5 Å². The van der Waals surface area contributed by atoms with E-state index in [-0.39, 0.29) is 5.95 Å². The molecule has 0 unspecified atom stereocenters. The zero-order chi connectivity index (χ0) is 12.4. The Balaban J connectivity index is 2.39. The Morgan fingerprint density at radius 3 is 2.41 bits per heavy atom. The predicted molar refractivity (Wildman–Crippen MR) is 71.3 cm³/mol. The fourth-order valence-corrected chi connectivity index (χ4v) is 1.58. The summed E-state index contributed by atoms with van der Waals surface area (Å²) in [6.45, 7) is 0. The summed E-state index contributed by atoms with van der Waals surface area (Å²) in [7, 11) is 0. The molecule has 7 heteroatoms. The minimum absolute atomic E-state index is 0.127. The van der Waals surface area contributed by atoms with Gasteiger partial charge >= 0.3 is 0 Å². The standard InChI is InChI=1S/C10H11BrN6/c11-6-1-3-7(4-2-6)17(14)9-8(12)5-15-10(13)16-9/h1-5H,12,14H2,(H2,13,15,16). The van der Waals surface area contributed by atoms with Gasteiger partial charge in [-0.15, -0.1) is 0 Å². The van der Waals surface area contributed by atoms with Crippen LogP contribution in [0.15, 0.2) is 34.9 Å². The van der Waals surface area contributed by atoms with Gasteiger partial charge in [0, 0.05) is 4.47 Å². The highest BCUT2D eigenvalue weighted by Gasteiger charge is 2.11. The number of nitrogens with two attached hydrogens (primary N) is 3. The Morgan fingerprint density at radius 2 is 1.76 bits per heavy atom. The molecular weight excluding hydrogens is 284 g/mol. The fraction of sp³-hybridized carbons (Fsp3) is 0. The van der Waals surface area contributed by atoms with Crippen molar-refractivity contribution in [2.24, 2.45) is 5.84 Å². The van der Waals surface area contributed by atoms with Crippen LogP contribution in [-0.2, 0) is 0 Å². The number of aromatic nitrogens is 2. The largest absolute Gasteiger partial charge is 0.394 e. The van der Waals surface area contributed by atoms with Crippen LogP contribution in [0.2, 0.25) is 0 Å². The molecule has 0 fully saturated rings. The van der Waals surface area contributed by atoms with Crippen LogP contribution in [0.1, 0.15) is 0 Å². The summed E-state index contributed by atoms with van der Waals surface area (Å²) in [6.07, 6.45) is 1.43. The number of hydrazine groups is 1. The highest BCUT2D eigenvalue weighted by molar-refractivity contribution is 9.10. The van der Waals surface area contributed by atoms with Crippen LogP contribution in [-0.4, -0.2) is 9.97 Å². The van der Waals surface area contributed by atoms with Gasteiger partial charge in [-0.1, -0.05) is 15.9 Å². The maximum atomic E-state index is 5.93. The van der Waals surface area contributed by atoms with Crippen LogP contribution in [0, 0.1) is 0 Å². The lowest BCUT2D eigenvalue weighted by atomic mass is 10.3. The number of nitrogen functional groups attached to an aromatic ring is 2. The van der Waals surface area contributed by atoms with E-state index in [2.05, 4.69) is 25.9 Å². The third-order valence-corrected chi connectivity index (χ3v) is 2.68. The number of benzene rings is 1. The molecule has 88 valence electrons. The lowest BCUT2D eigenvalue weighted by Gasteiger charge is -2.19. The molecule has 0 saturated carbocycles. The second-order valence-corrected chi connectivity index (χ2v) is 4.27. The van der Waals surface area contributed by atoms with Crippen molar-refractivity contribution in [3.8, 4) is 0 Å². The molecular formula is C10H11BrN6. The molecule has 17 heavy (non-hydrogen) atoms. The van der Waals surface area contributed by atoms with E-state index in [1.165, 1.54) is 11.2 Å². The molecule has 1 heterocycles. The summed E-state index contributed by atoms with van der Waals surface area (Å²) in [5.41, 5.74) is 12.4. The van der Waals surface area contributed by atoms with E-state index in [4.69, 9.17) is 17.3 Å². The topological polar surface area (TPSA) is 107 Å². The zero-order valence-electron chi connectivity index (χ0n) is 8.84. The van der Waals surface area contributed by atoms with Crippen molar-refractivity contribution in [3.63, 3.8) is 0 Å². The summed E-state index contributed by atoms with van der Waals surface area (Å²) in [5, 5.41) is 1.36. The van der Waals surface area contributed by atoms with Gasteiger partial charge in [-0.3, -0.25) is 5.01 Å². The Kier molecular flexibility index (Phi) is 3.12. The highest BCUT2D eigenvalue weighted by Crippen LogP contribution is 2.26. The van der Waals surface area contributed by atoms with Gasteiger partial charge in [0.15, 0.2) is 5.82 Å². The molecule has 0 bridgehead atoms. The summed E-state index contributed by atoms with van der Waals surface area (Å²) < 4.78 is 0.963. The van der Waals surface area contributed by atoms with Gasteiger partial charge < -0.3 is 11.5 Å². The molecule has 0 atom stereocenters. The van der Waals surface area contributed by atoms with Gasteiger partial charge in [0.25, 0.3) is 0 Å². The smallest absolute Gasteiger partial charge is 0.222 e. The monoisotopic (exact) mass is 294 g/mol. The molecule has 2 rings (SSSR count). The van der Waals surface area contributed by atoms with Gasteiger partial charge in [0.2, 0.25) is 5.95 Å². The fourth-order valence-electron chi connectivity index (χ4n) is 1.31. The Labute approximate surface area is 107 Å². The van der Waals surface area contributed by atoms with E-state index in [0.717, 1.165) is 10.2 Å². The van der Waals surface area contributed by atoms with Crippen LogP contribution in [0.25, 0.3) is 0 Å². The third-order valence-electron chi connectivity index (χ3n) is 2.15. The van der Waals surface area contributed by atoms with Gasteiger partial charge in [0.1, 0.15) is 0 Å². The number of nitrogens with zero attached hydrogens (tertiary/aromatic N) is 3. The second-order valence-electron chi connectivity index (χ2n) is 3.35. The summed E-state index contributed by atoms with van der Waals surface area (Å²) in [6, 6.07) is 7.41. The van der Waals surface area contributed by atoms with E-state index in [9.17, 15) is 0 Å². The van der Waals surface area contributed by atoms with Crippen LogP contribution < -0.4 is 22.3 Å². The third kappa shape index (κ3) is 2.45. The Hall–Kier alpha value is -1.86. The first kappa shape index (κ1) is 11.6. The summed E-state index contributed by atoms with van der Waals surface area (Å²) in [5.74, 6) is 6.43. The van der Waals surface area contributed by atoms with Crippen molar-refractivity contribution in [1.82, 2.24) is 9.97 Å². The SMILES string of the molecule is Nc1ncc(N)c(N(N)c2ccc(Br)cc2)n1. The van der Waals surface area contributed by atoms with E-state index in [1.54, 1.807) is 0 Å². The van der Waals surface area contributed by atoms with Crippen molar-refractivity contribution in [1.29, 1.82) is 0 Å². The van der Waals surface area contributed by atoms with Gasteiger partial charge in [-0.25, -0.2) is 10.8 Å². The summed E-state index contributed by atoms with van der Waals surface area (Å²) in [4.78, 5) is 7.78. The Bertz CT molecular complexity index is 527. The zero-order valence-corrected chi connectivity index (χ0v) is 10.4. The minimum atomic E-state index is 0.127. The number of hydrogen-bond acceptors (Lipinski definition) is 6. The van der Waals surface area contributed by atoms with Crippen molar-refractivity contribution in [2.45, 2.75) is 0 Å². The average Bonchev–Trinajstić information content (AvgIpc) is 2.32. The molecule has 0 saturated heterocycles. The van der Waals surface area contributed by atoms with Crippen LogP contribution >= 0.6 is 15.9 Å². The molecule has 6 N–H and O–H groups in total. The predicted octanol–water partition coefficient (Wildman–Crippen LogP) is 1.42. The second kappa shape index (κ2) is 4.56. The average molecular weight is 295 g/mol. The molecule has 0 spiro atoms. The molecule has 1 aromatic heterocycles. The van der Waals surface area contributed by atoms with Gasteiger partial charge in [0.05, 0.1) is 17.6 Å². The molecule has 1 aromatic carbocycles. The van der Waals surface area contributed by atoms with Gasteiger partial charge in [-0.05, 0) is 24.3 Å². The minimum Gasteiger partial charge on any atom is -0.394 e. The number of halogens is 1. The van der Waals surface area contributed by atoms with Crippen molar-refractivity contribution in [3.05, 3.63) is 34.9 Å². The van der Waals surface area contributed by atoms with Gasteiger partial charge in [-0.2, -0.15) is 4.98 Å². The van der Waals surface area contributed by atoms with Crippen molar-refractivity contribution in [2.75, 3.05) is 16.5 Å². The van der Waals surface area contributed by atoms with Crippen LogP contribution in [0.4, 0.5) is 23.1 Å². The number of rotatable bonds is 2. The van der Waals surface area contributed by atoms with Crippen LogP contribution in [0.3, 0.4) is 0 Å². The molecule has 0 radical (unpaired) electrons. The van der Waals surface area contributed by atoms with Crippen LogP contribution in [0.5, 0.6) is 0 Å². The first-order valence-corrected chi connectivity index (χ1v) is 5.55. The van der Waals surface area contributed by atoms with Crippen molar-refractivity contribution < 1.29 is 0 Å². The normalized spacial score (nSPS) is 10.2. The Morgan fingerprint density at radius 1 is 1.12 bits per heavy atom. The molecule has 0 aliphatic rings. The maximum absolute atomic E-state index is 5.93. The van der Waals surface area contributed by atoms with E-state index < -0.39 is 0 Å². The quantitative estimate of drug-likeness (QED) is 0.571. The summed E-state index contributed by atoms with van der Waals surface area (Å²) >= 11 is 3.35. The molecule has 0 amide bonds.